The first-order valence-electron chi connectivity index (χ1n) is 5.05. The summed E-state index contributed by atoms with van der Waals surface area (Å²) in [6.45, 7) is 4.28. The second-order valence-electron chi connectivity index (χ2n) is 3.29. The highest BCUT2D eigenvalue weighted by Crippen LogP contribution is 2.13. The minimum Gasteiger partial charge on any atom is -0.481 e. The average Bonchev–Trinajstić information content (AvgIpc) is 2.14. The molecule has 0 fully saturated rings. The van der Waals surface area contributed by atoms with E-state index in [2.05, 4.69) is 0 Å². The number of carboxylic acids is 1. The van der Waals surface area contributed by atoms with Gasteiger partial charge < -0.3 is 9.84 Å². The summed E-state index contributed by atoms with van der Waals surface area (Å²) in [5.74, 6) is -0.863. The molecule has 15 heavy (non-hydrogen) atoms. The number of carbonyl (C=O) groups is 2. The van der Waals surface area contributed by atoms with E-state index in [0.29, 0.717) is 6.61 Å². The largest absolute Gasteiger partial charge is 0.481 e. The SMILES string of the molecule is CCCCOC(=O)CSC(C)CC(=O)O. The number of unbranched alkanes of at least 4 members (excludes halogenated alkanes) is 1. The first-order chi connectivity index (χ1) is 7.06. The van der Waals surface area contributed by atoms with E-state index in [0.717, 1.165) is 12.8 Å². The van der Waals surface area contributed by atoms with Crippen molar-refractivity contribution in [3.05, 3.63) is 0 Å². The molecule has 0 amide bonds. The fraction of sp³-hybridized carbons (Fsp3) is 0.800. The van der Waals surface area contributed by atoms with Crippen LogP contribution in [0.4, 0.5) is 0 Å². The molecule has 0 aliphatic heterocycles. The van der Waals surface area contributed by atoms with Gasteiger partial charge in [-0.2, -0.15) is 0 Å². The van der Waals surface area contributed by atoms with Crippen molar-refractivity contribution in [1.82, 2.24) is 0 Å². The van der Waals surface area contributed by atoms with Gasteiger partial charge in [-0.05, 0) is 6.42 Å². The predicted octanol–water partition coefficient (Wildman–Crippen LogP) is 1.93. The van der Waals surface area contributed by atoms with Gasteiger partial charge in [0.05, 0.1) is 18.8 Å². The molecule has 0 saturated heterocycles. The Labute approximate surface area is 94.4 Å². The maximum absolute atomic E-state index is 11.1. The van der Waals surface area contributed by atoms with Crippen LogP contribution in [0, 0.1) is 0 Å². The van der Waals surface area contributed by atoms with Crippen LogP contribution in [0.15, 0.2) is 0 Å². The normalized spacial score (nSPS) is 12.1. The van der Waals surface area contributed by atoms with Crippen LogP contribution in [-0.2, 0) is 14.3 Å². The van der Waals surface area contributed by atoms with Crippen LogP contribution in [0.5, 0.6) is 0 Å². The lowest BCUT2D eigenvalue weighted by Crippen LogP contribution is -2.12. The first kappa shape index (κ1) is 14.3. The van der Waals surface area contributed by atoms with E-state index < -0.39 is 5.97 Å². The number of rotatable bonds is 8. The number of esters is 1. The van der Waals surface area contributed by atoms with Crippen LogP contribution in [0.1, 0.15) is 33.1 Å². The molecule has 0 aromatic carbocycles. The fourth-order valence-electron chi connectivity index (χ4n) is 0.887. The van der Waals surface area contributed by atoms with Gasteiger partial charge in [0.25, 0.3) is 0 Å². The molecule has 1 N–H and O–H groups in total. The van der Waals surface area contributed by atoms with Crippen molar-refractivity contribution in [3.63, 3.8) is 0 Å². The Bertz CT molecular complexity index is 206. The maximum Gasteiger partial charge on any atom is 0.315 e. The summed E-state index contributed by atoms with van der Waals surface area (Å²) in [4.78, 5) is 21.5. The second-order valence-corrected chi connectivity index (χ2v) is 4.72. The lowest BCUT2D eigenvalue weighted by Gasteiger charge is -2.08. The van der Waals surface area contributed by atoms with E-state index in [1.54, 1.807) is 6.92 Å². The number of hydrogen-bond donors (Lipinski definition) is 1. The third kappa shape index (κ3) is 9.59. The van der Waals surface area contributed by atoms with Gasteiger partial charge >= 0.3 is 11.9 Å². The molecule has 0 aromatic heterocycles. The van der Waals surface area contributed by atoms with Crippen molar-refractivity contribution >= 4 is 23.7 Å². The van der Waals surface area contributed by atoms with Crippen LogP contribution >= 0.6 is 11.8 Å². The molecular formula is C10H18O4S. The molecule has 0 aliphatic carbocycles. The monoisotopic (exact) mass is 234 g/mol. The third-order valence-corrected chi connectivity index (χ3v) is 2.85. The van der Waals surface area contributed by atoms with Gasteiger partial charge in [-0.3, -0.25) is 9.59 Å². The van der Waals surface area contributed by atoms with E-state index in [-0.39, 0.29) is 23.4 Å². The molecule has 88 valence electrons. The standard InChI is InChI=1S/C10H18O4S/c1-3-4-5-14-10(13)7-15-8(2)6-9(11)12/h8H,3-7H2,1-2H3,(H,11,12). The minimum atomic E-state index is -0.839. The van der Waals surface area contributed by atoms with Crippen molar-refractivity contribution in [1.29, 1.82) is 0 Å². The van der Waals surface area contributed by atoms with Crippen LogP contribution in [0.2, 0.25) is 0 Å². The lowest BCUT2D eigenvalue weighted by atomic mass is 10.3. The molecule has 1 unspecified atom stereocenters. The molecule has 0 radical (unpaired) electrons. The smallest absolute Gasteiger partial charge is 0.315 e. The zero-order valence-corrected chi connectivity index (χ0v) is 10.0. The second kappa shape index (κ2) is 8.59. The van der Waals surface area contributed by atoms with Crippen molar-refractivity contribution < 1.29 is 19.4 Å². The zero-order chi connectivity index (χ0) is 11.7. The number of thioether (sulfide) groups is 1. The van der Waals surface area contributed by atoms with Gasteiger partial charge in [0, 0.05) is 5.25 Å². The van der Waals surface area contributed by atoms with Crippen LogP contribution < -0.4 is 0 Å². The van der Waals surface area contributed by atoms with Gasteiger partial charge in [-0.25, -0.2) is 0 Å². The minimum absolute atomic E-state index is 0.0544. The summed E-state index contributed by atoms with van der Waals surface area (Å²) >= 11 is 1.32. The summed E-state index contributed by atoms with van der Waals surface area (Å²) in [5, 5.41) is 8.44. The Morgan fingerprint density at radius 2 is 2.13 bits per heavy atom. The first-order valence-corrected chi connectivity index (χ1v) is 6.10. The molecule has 5 heteroatoms. The van der Waals surface area contributed by atoms with Gasteiger partial charge in [-0.15, -0.1) is 11.8 Å². The fourth-order valence-corrected chi connectivity index (χ4v) is 1.65. The van der Waals surface area contributed by atoms with Crippen molar-refractivity contribution in [2.24, 2.45) is 0 Å². The van der Waals surface area contributed by atoms with E-state index in [1.165, 1.54) is 11.8 Å². The van der Waals surface area contributed by atoms with E-state index >= 15 is 0 Å². The van der Waals surface area contributed by atoms with Gasteiger partial charge in [0.2, 0.25) is 0 Å². The van der Waals surface area contributed by atoms with Gasteiger partial charge in [0.1, 0.15) is 0 Å². The zero-order valence-electron chi connectivity index (χ0n) is 9.19. The molecule has 0 bridgehead atoms. The Morgan fingerprint density at radius 1 is 1.47 bits per heavy atom. The van der Waals surface area contributed by atoms with Crippen molar-refractivity contribution in [3.8, 4) is 0 Å². The lowest BCUT2D eigenvalue weighted by molar-refractivity contribution is -0.140. The van der Waals surface area contributed by atoms with Crippen molar-refractivity contribution in [2.75, 3.05) is 12.4 Å². The van der Waals surface area contributed by atoms with Crippen molar-refractivity contribution in [2.45, 2.75) is 38.4 Å². The highest BCUT2D eigenvalue weighted by Gasteiger charge is 2.11. The summed E-state index contributed by atoms with van der Waals surface area (Å²) in [5.41, 5.74) is 0. The number of aliphatic carboxylic acids is 1. The van der Waals surface area contributed by atoms with Crippen LogP contribution in [0.3, 0.4) is 0 Å². The number of carbonyl (C=O) groups excluding carboxylic acids is 1. The third-order valence-electron chi connectivity index (χ3n) is 1.71. The Kier molecular flexibility index (Phi) is 8.18. The molecule has 0 heterocycles. The molecule has 1 atom stereocenters. The number of carboxylic acid groups (broad SMARTS) is 1. The summed E-state index contributed by atoms with van der Waals surface area (Å²) < 4.78 is 4.93. The number of ether oxygens (including phenoxy) is 1. The molecule has 0 saturated carbocycles. The molecule has 0 spiro atoms. The van der Waals surface area contributed by atoms with Gasteiger partial charge in [0.15, 0.2) is 0 Å². The van der Waals surface area contributed by atoms with E-state index in [4.69, 9.17) is 9.84 Å². The highest BCUT2D eigenvalue weighted by atomic mass is 32.2. The molecule has 0 aromatic rings. The number of hydrogen-bond acceptors (Lipinski definition) is 4. The summed E-state index contributed by atoms with van der Waals surface area (Å²) in [6.07, 6.45) is 1.95. The van der Waals surface area contributed by atoms with E-state index in [1.807, 2.05) is 6.92 Å². The van der Waals surface area contributed by atoms with Crippen LogP contribution in [-0.4, -0.2) is 34.7 Å². The van der Waals surface area contributed by atoms with Gasteiger partial charge in [-0.1, -0.05) is 20.3 Å². The molecule has 0 aliphatic rings. The maximum atomic E-state index is 11.1. The highest BCUT2D eigenvalue weighted by molar-refractivity contribution is 8.00. The molecular weight excluding hydrogens is 216 g/mol. The Balaban J connectivity index is 3.48. The molecule has 4 nitrogen and oxygen atoms in total. The topological polar surface area (TPSA) is 63.6 Å². The quantitative estimate of drug-likeness (QED) is 0.513. The Morgan fingerprint density at radius 3 is 2.67 bits per heavy atom. The predicted molar refractivity (Wildman–Crippen MR) is 60.0 cm³/mol. The summed E-state index contributed by atoms with van der Waals surface area (Å²) in [6, 6.07) is 0. The average molecular weight is 234 g/mol. The van der Waals surface area contributed by atoms with Crippen LogP contribution in [0.25, 0.3) is 0 Å². The van der Waals surface area contributed by atoms with E-state index in [9.17, 15) is 9.59 Å². The molecule has 0 rings (SSSR count). The Hall–Kier alpha value is -0.710. The summed E-state index contributed by atoms with van der Waals surface area (Å²) in [7, 11) is 0.